The zero-order chi connectivity index (χ0) is 21.9. The lowest BCUT2D eigenvalue weighted by Gasteiger charge is -2.32. The van der Waals surface area contributed by atoms with Gasteiger partial charge in [-0.05, 0) is 60.6 Å². The maximum absolute atomic E-state index is 9.04. The topological polar surface area (TPSA) is 81.0 Å². The number of nitriles is 1. The van der Waals surface area contributed by atoms with Crippen LogP contribution >= 0.6 is 0 Å². The molecule has 7 heteroatoms. The first kappa shape index (κ1) is 19.9. The smallest absolute Gasteiger partial charge is 0.153 e. The fourth-order valence-corrected chi connectivity index (χ4v) is 3.91. The van der Waals surface area contributed by atoms with Gasteiger partial charge in [0.05, 0.1) is 22.8 Å². The van der Waals surface area contributed by atoms with Gasteiger partial charge in [-0.1, -0.05) is 18.2 Å². The summed E-state index contributed by atoms with van der Waals surface area (Å²) in [4.78, 5) is 9.08. The van der Waals surface area contributed by atoms with E-state index in [1.54, 1.807) is 6.20 Å². The minimum absolute atomic E-state index is 0.650. The molecule has 0 spiro atoms. The first-order chi connectivity index (χ1) is 15.7. The van der Waals surface area contributed by atoms with E-state index in [9.17, 15) is 0 Å². The number of rotatable bonds is 4. The molecule has 0 atom stereocenters. The summed E-state index contributed by atoms with van der Waals surface area (Å²) in [5.41, 5.74) is 4.59. The van der Waals surface area contributed by atoms with Gasteiger partial charge in [-0.15, -0.1) is 10.2 Å². The molecule has 1 aliphatic rings. The highest BCUT2D eigenvalue weighted by atomic mass is 15.3. The average Bonchev–Trinajstić information content (AvgIpc) is 2.85. The predicted octanol–water partition coefficient (Wildman–Crippen LogP) is 4.06. The van der Waals surface area contributed by atoms with E-state index in [-0.39, 0.29) is 0 Å². The number of nitrogens with zero attached hydrogens (tertiary/aromatic N) is 6. The van der Waals surface area contributed by atoms with Crippen molar-refractivity contribution in [3.8, 4) is 17.2 Å². The number of likely N-dealkylation sites (N-methyl/N-ethyl adjacent to an activating group) is 1. The Morgan fingerprint density at radius 1 is 0.875 bits per heavy atom. The highest BCUT2D eigenvalue weighted by Crippen LogP contribution is 2.29. The summed E-state index contributed by atoms with van der Waals surface area (Å²) in [7, 11) is 2.14. The molecule has 1 saturated heterocycles. The lowest BCUT2D eigenvalue weighted by atomic mass is 10.0. The van der Waals surface area contributed by atoms with Gasteiger partial charge in [-0.3, -0.25) is 4.98 Å². The van der Waals surface area contributed by atoms with Crippen LogP contribution in [0, 0.1) is 11.3 Å². The van der Waals surface area contributed by atoms with Crippen LogP contribution in [0.2, 0.25) is 0 Å². The summed E-state index contributed by atoms with van der Waals surface area (Å²) in [5, 5.41) is 22.3. The van der Waals surface area contributed by atoms with Gasteiger partial charge in [0.25, 0.3) is 0 Å². The van der Waals surface area contributed by atoms with Crippen molar-refractivity contribution in [1.29, 1.82) is 5.26 Å². The standard InChI is InChI=1S/C25H23N7/c1-31-12-14-32(15-13-31)25-9-8-24(29-30-25)28-23-10-11-27-22-7-6-20(16-21(22)23)19-4-2-18(17-26)3-5-19/h2-11,16H,12-15H2,1H3,(H,27,28,29). The molecule has 1 N–H and O–H groups in total. The molecule has 0 amide bonds. The summed E-state index contributed by atoms with van der Waals surface area (Å²) in [5.74, 6) is 1.60. The van der Waals surface area contributed by atoms with E-state index in [4.69, 9.17) is 5.26 Å². The first-order valence-corrected chi connectivity index (χ1v) is 10.6. The average molecular weight is 422 g/mol. The third-order valence-corrected chi connectivity index (χ3v) is 5.83. The van der Waals surface area contributed by atoms with Gasteiger partial charge in [0.1, 0.15) is 0 Å². The molecule has 0 radical (unpaired) electrons. The van der Waals surface area contributed by atoms with Crippen LogP contribution in [-0.4, -0.2) is 53.3 Å². The van der Waals surface area contributed by atoms with Crippen molar-refractivity contribution in [3.05, 3.63) is 72.4 Å². The van der Waals surface area contributed by atoms with E-state index in [0.29, 0.717) is 11.4 Å². The monoisotopic (exact) mass is 421 g/mol. The Bertz CT molecular complexity index is 1270. The number of benzene rings is 2. The lowest BCUT2D eigenvalue weighted by Crippen LogP contribution is -2.44. The Morgan fingerprint density at radius 2 is 1.66 bits per heavy atom. The molecule has 1 aliphatic heterocycles. The number of piperazine rings is 1. The van der Waals surface area contributed by atoms with Crippen molar-refractivity contribution in [2.45, 2.75) is 0 Å². The lowest BCUT2D eigenvalue weighted by molar-refractivity contribution is 0.312. The van der Waals surface area contributed by atoms with Crippen LogP contribution < -0.4 is 10.2 Å². The third kappa shape index (κ3) is 4.09. The van der Waals surface area contributed by atoms with Crippen LogP contribution in [0.25, 0.3) is 22.0 Å². The SMILES string of the molecule is CN1CCN(c2ccc(Nc3ccnc4ccc(-c5ccc(C#N)cc5)cc34)nn2)CC1. The van der Waals surface area contributed by atoms with Gasteiger partial charge in [0.2, 0.25) is 0 Å². The molecule has 4 aromatic rings. The highest BCUT2D eigenvalue weighted by molar-refractivity contribution is 5.95. The zero-order valence-electron chi connectivity index (χ0n) is 17.9. The second kappa shape index (κ2) is 8.61. The molecule has 0 aliphatic carbocycles. The van der Waals surface area contributed by atoms with Gasteiger partial charge in [-0.25, -0.2) is 0 Å². The number of anilines is 3. The molecular formula is C25H23N7. The van der Waals surface area contributed by atoms with E-state index >= 15 is 0 Å². The van der Waals surface area contributed by atoms with Crippen molar-refractivity contribution in [3.63, 3.8) is 0 Å². The van der Waals surface area contributed by atoms with Crippen molar-refractivity contribution in [2.24, 2.45) is 0 Å². The molecule has 0 bridgehead atoms. The maximum atomic E-state index is 9.04. The summed E-state index contributed by atoms with van der Waals surface area (Å²) < 4.78 is 0. The molecule has 32 heavy (non-hydrogen) atoms. The predicted molar refractivity (Wildman–Crippen MR) is 127 cm³/mol. The zero-order valence-corrected chi connectivity index (χ0v) is 17.9. The Hall–Kier alpha value is -4.02. The Kier molecular flexibility index (Phi) is 5.36. The van der Waals surface area contributed by atoms with Crippen molar-refractivity contribution < 1.29 is 0 Å². The maximum Gasteiger partial charge on any atom is 0.153 e. The normalized spacial score (nSPS) is 14.3. The van der Waals surface area contributed by atoms with Crippen LogP contribution in [0.15, 0.2) is 66.9 Å². The quantitative estimate of drug-likeness (QED) is 0.532. The van der Waals surface area contributed by atoms with Crippen molar-refractivity contribution >= 4 is 28.2 Å². The molecule has 1 fully saturated rings. The molecular weight excluding hydrogens is 398 g/mol. The summed E-state index contributed by atoms with van der Waals surface area (Å²) >= 11 is 0. The highest BCUT2D eigenvalue weighted by Gasteiger charge is 2.15. The van der Waals surface area contributed by atoms with E-state index in [1.807, 2.05) is 54.6 Å². The molecule has 158 valence electrons. The van der Waals surface area contributed by atoms with E-state index in [1.165, 1.54) is 0 Å². The summed E-state index contributed by atoms with van der Waals surface area (Å²) in [6.45, 7) is 3.99. The Labute approximate surface area is 187 Å². The van der Waals surface area contributed by atoms with Crippen LogP contribution in [0.1, 0.15) is 5.56 Å². The fraction of sp³-hybridized carbons (Fsp3) is 0.200. The molecule has 5 rings (SSSR count). The minimum Gasteiger partial charge on any atom is -0.353 e. The van der Waals surface area contributed by atoms with Gasteiger partial charge in [-0.2, -0.15) is 5.26 Å². The van der Waals surface area contributed by atoms with E-state index in [2.05, 4.69) is 49.5 Å². The van der Waals surface area contributed by atoms with Gasteiger partial charge >= 0.3 is 0 Å². The summed E-state index contributed by atoms with van der Waals surface area (Å²) in [6.07, 6.45) is 1.79. The Morgan fingerprint density at radius 3 is 2.38 bits per heavy atom. The Balaban J connectivity index is 1.40. The first-order valence-electron chi connectivity index (χ1n) is 10.6. The fourth-order valence-electron chi connectivity index (χ4n) is 3.91. The van der Waals surface area contributed by atoms with Crippen LogP contribution in [0.3, 0.4) is 0 Å². The third-order valence-electron chi connectivity index (χ3n) is 5.83. The molecule has 2 aromatic heterocycles. The molecule has 0 saturated carbocycles. The molecule has 2 aromatic carbocycles. The van der Waals surface area contributed by atoms with Crippen LogP contribution in [0.4, 0.5) is 17.3 Å². The van der Waals surface area contributed by atoms with Crippen LogP contribution in [-0.2, 0) is 0 Å². The number of hydrogen-bond acceptors (Lipinski definition) is 7. The van der Waals surface area contributed by atoms with Gasteiger partial charge < -0.3 is 15.1 Å². The number of fused-ring (bicyclic) bond motifs is 1. The van der Waals surface area contributed by atoms with Gasteiger partial charge in [0.15, 0.2) is 11.6 Å². The van der Waals surface area contributed by atoms with E-state index in [0.717, 1.165) is 59.7 Å². The van der Waals surface area contributed by atoms with Gasteiger partial charge in [0, 0.05) is 37.8 Å². The number of aromatic nitrogens is 3. The van der Waals surface area contributed by atoms with Crippen molar-refractivity contribution in [2.75, 3.05) is 43.4 Å². The minimum atomic E-state index is 0.650. The second-order valence-corrected chi connectivity index (χ2v) is 7.97. The molecule has 3 heterocycles. The number of nitrogens with one attached hydrogen (secondary N) is 1. The largest absolute Gasteiger partial charge is 0.353 e. The summed E-state index contributed by atoms with van der Waals surface area (Å²) in [6, 6.07) is 21.9. The number of hydrogen-bond donors (Lipinski definition) is 1. The van der Waals surface area contributed by atoms with Crippen LogP contribution in [0.5, 0.6) is 0 Å². The van der Waals surface area contributed by atoms with Crippen molar-refractivity contribution in [1.82, 2.24) is 20.1 Å². The van der Waals surface area contributed by atoms with E-state index < -0.39 is 0 Å². The molecule has 7 nitrogen and oxygen atoms in total. The second-order valence-electron chi connectivity index (χ2n) is 7.97. The number of pyridine rings is 1. The molecule has 0 unspecified atom stereocenters.